The molecule has 0 aromatic rings. The van der Waals surface area contributed by atoms with Crippen molar-refractivity contribution in [3.8, 4) is 0 Å². The molecule has 0 heteroatoms. The number of unbranched alkanes of at least 4 members (excludes halogenated alkanes) is 1. The Kier molecular flexibility index (Phi) is 8.35. The molecule has 1 fully saturated rings. The van der Waals surface area contributed by atoms with Crippen LogP contribution in [-0.2, 0) is 0 Å². The molecule has 0 bridgehead atoms. The molecule has 0 saturated heterocycles. The second kappa shape index (κ2) is 9.21. The molecule has 1 rings (SSSR count). The van der Waals surface area contributed by atoms with E-state index >= 15 is 0 Å². The van der Waals surface area contributed by atoms with E-state index < -0.39 is 0 Å². The second-order valence-corrected chi connectivity index (χ2v) is 9.52. The first-order valence-corrected chi connectivity index (χ1v) is 9.80. The third kappa shape index (κ3) is 8.89. The van der Waals surface area contributed by atoms with Crippen molar-refractivity contribution in [2.24, 2.45) is 29.1 Å². The smallest absolute Gasteiger partial charge is 0.0383 e. The van der Waals surface area contributed by atoms with Crippen molar-refractivity contribution < 1.29 is 0 Å². The summed E-state index contributed by atoms with van der Waals surface area (Å²) in [5.74, 6) is 3.99. The molecule has 0 heterocycles. The topological polar surface area (TPSA) is 0 Å². The molecule has 0 aromatic heterocycles. The van der Waals surface area contributed by atoms with Crippen molar-refractivity contribution in [3.63, 3.8) is 0 Å². The fraction of sp³-hybridized carbons (Fsp3) is 1.00. The summed E-state index contributed by atoms with van der Waals surface area (Å²) >= 11 is 0. The Balaban J connectivity index is 2.48. The van der Waals surface area contributed by atoms with Gasteiger partial charge in [0.2, 0.25) is 0 Å². The van der Waals surface area contributed by atoms with Crippen LogP contribution in [0.15, 0.2) is 0 Å². The molecule has 0 nitrogen and oxygen atoms in total. The van der Waals surface area contributed by atoms with Gasteiger partial charge in [0.05, 0.1) is 0 Å². The van der Waals surface area contributed by atoms with Crippen molar-refractivity contribution in [1.29, 1.82) is 0 Å². The summed E-state index contributed by atoms with van der Waals surface area (Å²) in [6, 6.07) is 0. The molecule has 0 aromatic carbocycles. The summed E-state index contributed by atoms with van der Waals surface area (Å²) < 4.78 is 0. The predicted octanol–water partition coefficient (Wildman–Crippen LogP) is 7.47. The summed E-state index contributed by atoms with van der Waals surface area (Å²) in [5.41, 5.74) is 0.518. The highest BCUT2D eigenvalue weighted by Crippen LogP contribution is 2.41. The minimum atomic E-state index is 0.518. The minimum Gasteiger partial charge on any atom is -0.0654 e. The lowest BCUT2D eigenvalue weighted by molar-refractivity contribution is 0.152. The van der Waals surface area contributed by atoms with Gasteiger partial charge in [0.1, 0.15) is 0 Å². The van der Waals surface area contributed by atoms with E-state index in [0.717, 1.165) is 23.7 Å². The van der Waals surface area contributed by atoms with Gasteiger partial charge in [-0.3, -0.25) is 0 Å². The van der Waals surface area contributed by atoms with Crippen LogP contribution >= 0.6 is 0 Å². The SMILES string of the molecule is CCCCC1CC(CCC(C)C)CC(CCC(C)(C)C)C1. The van der Waals surface area contributed by atoms with Crippen LogP contribution in [0, 0.1) is 29.1 Å². The molecule has 1 saturated carbocycles. The van der Waals surface area contributed by atoms with Crippen LogP contribution in [0.1, 0.15) is 106 Å². The maximum atomic E-state index is 2.40. The molecule has 3 unspecified atom stereocenters. The van der Waals surface area contributed by atoms with Crippen LogP contribution in [-0.4, -0.2) is 0 Å². The first-order chi connectivity index (χ1) is 9.80. The highest BCUT2D eigenvalue weighted by molar-refractivity contribution is 4.80. The Bertz CT molecular complexity index is 258. The molecule has 0 radical (unpaired) electrons. The van der Waals surface area contributed by atoms with Crippen molar-refractivity contribution in [3.05, 3.63) is 0 Å². The van der Waals surface area contributed by atoms with Gasteiger partial charge < -0.3 is 0 Å². The number of rotatable bonds is 8. The maximum Gasteiger partial charge on any atom is -0.0383 e. The Hall–Kier alpha value is 0. The van der Waals surface area contributed by atoms with Crippen LogP contribution in [0.4, 0.5) is 0 Å². The van der Waals surface area contributed by atoms with Crippen molar-refractivity contribution in [2.45, 2.75) is 106 Å². The Morgan fingerprint density at radius 1 is 0.857 bits per heavy atom. The fourth-order valence-corrected chi connectivity index (χ4v) is 4.11. The minimum absolute atomic E-state index is 0.518. The van der Waals surface area contributed by atoms with E-state index in [1.807, 2.05) is 0 Å². The first-order valence-electron chi connectivity index (χ1n) is 9.80. The van der Waals surface area contributed by atoms with Crippen molar-refractivity contribution in [1.82, 2.24) is 0 Å². The number of hydrogen-bond acceptors (Lipinski definition) is 0. The summed E-state index contributed by atoms with van der Waals surface area (Å²) in [6.45, 7) is 14.3. The van der Waals surface area contributed by atoms with Gasteiger partial charge in [-0.05, 0) is 61.2 Å². The van der Waals surface area contributed by atoms with Crippen LogP contribution in [0.5, 0.6) is 0 Å². The molecule has 1 aliphatic carbocycles. The zero-order valence-electron chi connectivity index (χ0n) is 15.9. The lowest BCUT2D eigenvalue weighted by Crippen LogP contribution is -2.24. The van der Waals surface area contributed by atoms with Gasteiger partial charge in [0.15, 0.2) is 0 Å². The molecule has 0 amide bonds. The third-order valence-corrected chi connectivity index (χ3v) is 5.42. The molecule has 0 spiro atoms. The highest BCUT2D eigenvalue weighted by Gasteiger charge is 2.29. The number of hydrogen-bond donors (Lipinski definition) is 0. The van der Waals surface area contributed by atoms with E-state index in [2.05, 4.69) is 41.5 Å². The van der Waals surface area contributed by atoms with Gasteiger partial charge in [0, 0.05) is 0 Å². The fourth-order valence-electron chi connectivity index (χ4n) is 4.11. The van der Waals surface area contributed by atoms with Gasteiger partial charge in [0.25, 0.3) is 0 Å². The average Bonchev–Trinajstić information content (AvgIpc) is 2.40. The largest absolute Gasteiger partial charge is 0.0654 e. The summed E-state index contributed by atoms with van der Waals surface area (Å²) in [6.07, 6.45) is 14.8. The molecular weight excluding hydrogens is 252 g/mol. The highest BCUT2D eigenvalue weighted by atomic mass is 14.3. The van der Waals surface area contributed by atoms with Gasteiger partial charge in [-0.2, -0.15) is 0 Å². The van der Waals surface area contributed by atoms with Crippen LogP contribution in [0.2, 0.25) is 0 Å². The zero-order chi connectivity index (χ0) is 15.9. The zero-order valence-corrected chi connectivity index (χ0v) is 15.9. The van der Waals surface area contributed by atoms with E-state index in [1.165, 1.54) is 57.8 Å². The summed E-state index contributed by atoms with van der Waals surface area (Å²) in [7, 11) is 0. The Morgan fingerprint density at radius 3 is 1.86 bits per heavy atom. The van der Waals surface area contributed by atoms with Gasteiger partial charge in [-0.1, -0.05) is 73.6 Å². The second-order valence-electron chi connectivity index (χ2n) is 9.52. The van der Waals surface area contributed by atoms with Gasteiger partial charge in [-0.15, -0.1) is 0 Å². The van der Waals surface area contributed by atoms with E-state index in [1.54, 1.807) is 6.42 Å². The van der Waals surface area contributed by atoms with E-state index in [4.69, 9.17) is 0 Å². The predicted molar refractivity (Wildman–Crippen MR) is 96.6 cm³/mol. The van der Waals surface area contributed by atoms with E-state index in [-0.39, 0.29) is 0 Å². The summed E-state index contributed by atoms with van der Waals surface area (Å²) in [4.78, 5) is 0. The molecule has 126 valence electrons. The molecule has 1 aliphatic rings. The summed E-state index contributed by atoms with van der Waals surface area (Å²) in [5, 5.41) is 0. The molecule has 0 N–H and O–H groups in total. The normalized spacial score (nSPS) is 27.3. The first kappa shape index (κ1) is 19.0. The quantitative estimate of drug-likeness (QED) is 0.435. The Labute approximate surface area is 135 Å². The molecule has 21 heavy (non-hydrogen) atoms. The molecular formula is C21H42. The van der Waals surface area contributed by atoms with Crippen molar-refractivity contribution in [2.75, 3.05) is 0 Å². The van der Waals surface area contributed by atoms with Gasteiger partial charge >= 0.3 is 0 Å². The van der Waals surface area contributed by atoms with E-state index in [0.29, 0.717) is 5.41 Å². The van der Waals surface area contributed by atoms with Gasteiger partial charge in [-0.25, -0.2) is 0 Å². The maximum absolute atomic E-state index is 2.40. The monoisotopic (exact) mass is 294 g/mol. The molecule has 0 aliphatic heterocycles. The van der Waals surface area contributed by atoms with Crippen LogP contribution in [0.25, 0.3) is 0 Å². The lowest BCUT2D eigenvalue weighted by atomic mass is 9.69. The van der Waals surface area contributed by atoms with Crippen molar-refractivity contribution >= 4 is 0 Å². The van der Waals surface area contributed by atoms with E-state index in [9.17, 15) is 0 Å². The van der Waals surface area contributed by atoms with Crippen LogP contribution < -0.4 is 0 Å². The molecule has 3 atom stereocenters. The average molecular weight is 295 g/mol. The third-order valence-electron chi connectivity index (χ3n) is 5.42. The van der Waals surface area contributed by atoms with Crippen LogP contribution in [0.3, 0.4) is 0 Å². The Morgan fingerprint density at radius 2 is 1.38 bits per heavy atom. The standard InChI is InChI=1S/C21H42/c1-7-8-9-18-14-19(11-10-17(2)3)16-20(15-18)12-13-21(4,5)6/h17-20H,7-16H2,1-6H3. The lowest BCUT2D eigenvalue weighted by Gasteiger charge is -2.36.